The van der Waals surface area contributed by atoms with Gasteiger partial charge in [0.05, 0.1) is 12.3 Å². The van der Waals surface area contributed by atoms with E-state index in [4.69, 9.17) is 16.3 Å². The molecule has 0 unspecified atom stereocenters. The monoisotopic (exact) mass is 354 g/mol. The molecule has 3 rings (SSSR count). The van der Waals surface area contributed by atoms with Crippen molar-refractivity contribution >= 4 is 34.7 Å². The summed E-state index contributed by atoms with van der Waals surface area (Å²) in [5, 5.41) is 7.13. The summed E-state index contributed by atoms with van der Waals surface area (Å²) in [6, 6.07) is 17.1. The third-order valence-corrected chi connectivity index (χ3v) is 3.62. The molecule has 5 nitrogen and oxygen atoms in total. The Morgan fingerprint density at radius 3 is 2.64 bits per heavy atom. The number of benzene rings is 2. The minimum absolute atomic E-state index is 0.497. The first kappa shape index (κ1) is 17.0. The predicted molar refractivity (Wildman–Crippen MR) is 102 cm³/mol. The molecule has 25 heavy (non-hydrogen) atoms. The van der Waals surface area contributed by atoms with Crippen LogP contribution in [0.3, 0.4) is 0 Å². The Morgan fingerprint density at radius 1 is 1.00 bits per heavy atom. The first-order chi connectivity index (χ1) is 12.1. The van der Waals surface area contributed by atoms with E-state index in [-0.39, 0.29) is 0 Å². The highest BCUT2D eigenvalue weighted by Gasteiger charge is 2.07. The first-order valence-electron chi connectivity index (χ1n) is 8.01. The molecule has 0 aliphatic carbocycles. The number of hydrogen-bond acceptors (Lipinski definition) is 5. The molecular weight excluding hydrogens is 336 g/mol. The molecule has 0 radical (unpaired) electrons. The minimum atomic E-state index is 0.497. The zero-order chi connectivity index (χ0) is 17.6. The Kier molecular flexibility index (Phi) is 5.36. The largest absolute Gasteiger partial charge is 0.492 e. The number of aromatic nitrogens is 2. The highest BCUT2D eigenvalue weighted by molar-refractivity contribution is 6.30. The fraction of sp³-hybridized carbons (Fsp3) is 0.158. The van der Waals surface area contributed by atoms with Gasteiger partial charge >= 0.3 is 0 Å². The van der Waals surface area contributed by atoms with E-state index in [9.17, 15) is 0 Å². The maximum absolute atomic E-state index is 6.03. The molecule has 2 aromatic carbocycles. The van der Waals surface area contributed by atoms with Crippen LogP contribution in [0.5, 0.6) is 5.75 Å². The van der Waals surface area contributed by atoms with Gasteiger partial charge in [0.25, 0.3) is 0 Å². The third-order valence-electron chi connectivity index (χ3n) is 3.38. The van der Waals surface area contributed by atoms with Crippen molar-refractivity contribution in [3.05, 3.63) is 65.3 Å². The Bertz CT molecular complexity index is 870. The van der Waals surface area contributed by atoms with Crippen molar-refractivity contribution < 1.29 is 4.74 Å². The average molecular weight is 355 g/mol. The van der Waals surface area contributed by atoms with Crippen molar-refractivity contribution in [2.24, 2.45) is 0 Å². The summed E-state index contributed by atoms with van der Waals surface area (Å²) in [5.41, 5.74) is 2.53. The fourth-order valence-electron chi connectivity index (χ4n) is 2.37. The van der Waals surface area contributed by atoms with Gasteiger partial charge in [0.15, 0.2) is 0 Å². The number of hydrogen-bond donors (Lipinski definition) is 2. The van der Waals surface area contributed by atoms with E-state index in [1.54, 1.807) is 0 Å². The molecule has 1 heterocycles. The Hall–Kier alpha value is -2.79. The Morgan fingerprint density at radius 2 is 1.84 bits per heavy atom. The standard InChI is InChI=1S/C19H19ClN4O/c1-3-25-17-10-5-4-9-16(17)23-19-21-13(2)11-18(24-19)22-15-8-6-7-14(20)12-15/h4-12H,3H2,1-2H3,(H2,21,22,23,24). The lowest BCUT2D eigenvalue weighted by Gasteiger charge is -2.13. The van der Waals surface area contributed by atoms with Gasteiger partial charge in [-0.1, -0.05) is 29.8 Å². The lowest BCUT2D eigenvalue weighted by Crippen LogP contribution is -2.04. The molecule has 128 valence electrons. The molecule has 0 amide bonds. The topological polar surface area (TPSA) is 59.1 Å². The Labute approximate surface area is 152 Å². The molecule has 6 heteroatoms. The van der Waals surface area contributed by atoms with Crippen molar-refractivity contribution in [2.45, 2.75) is 13.8 Å². The van der Waals surface area contributed by atoms with Gasteiger partial charge < -0.3 is 15.4 Å². The van der Waals surface area contributed by atoms with Gasteiger partial charge in [-0.3, -0.25) is 0 Å². The van der Waals surface area contributed by atoms with Gasteiger partial charge in [0.2, 0.25) is 5.95 Å². The third kappa shape index (κ3) is 4.61. The summed E-state index contributed by atoms with van der Waals surface area (Å²) >= 11 is 6.03. The van der Waals surface area contributed by atoms with Crippen LogP contribution < -0.4 is 15.4 Å². The van der Waals surface area contributed by atoms with E-state index in [0.29, 0.717) is 23.4 Å². The van der Waals surface area contributed by atoms with Crippen LogP contribution in [0.2, 0.25) is 5.02 Å². The van der Waals surface area contributed by atoms with Gasteiger partial charge in [-0.15, -0.1) is 0 Å². The number of ether oxygens (including phenoxy) is 1. The van der Waals surface area contributed by atoms with Crippen molar-refractivity contribution in [1.29, 1.82) is 0 Å². The number of nitrogens with one attached hydrogen (secondary N) is 2. The van der Waals surface area contributed by atoms with Crippen molar-refractivity contribution in [3.63, 3.8) is 0 Å². The number of rotatable bonds is 6. The Balaban J connectivity index is 1.85. The summed E-state index contributed by atoms with van der Waals surface area (Å²) in [4.78, 5) is 8.97. The van der Waals surface area contributed by atoms with Gasteiger partial charge in [-0.25, -0.2) is 4.98 Å². The quantitative estimate of drug-likeness (QED) is 0.627. The van der Waals surface area contributed by atoms with Crippen LogP contribution in [0.25, 0.3) is 0 Å². The van der Waals surface area contributed by atoms with Gasteiger partial charge in [-0.2, -0.15) is 4.98 Å². The van der Waals surface area contributed by atoms with E-state index in [2.05, 4.69) is 20.6 Å². The lowest BCUT2D eigenvalue weighted by atomic mass is 10.3. The molecule has 0 bridgehead atoms. The van der Waals surface area contributed by atoms with E-state index in [0.717, 1.165) is 22.8 Å². The van der Waals surface area contributed by atoms with Crippen LogP contribution >= 0.6 is 11.6 Å². The molecule has 0 aliphatic heterocycles. The molecule has 2 N–H and O–H groups in total. The molecule has 1 aromatic heterocycles. The molecule has 0 saturated heterocycles. The normalized spacial score (nSPS) is 10.4. The van der Waals surface area contributed by atoms with E-state index in [1.807, 2.05) is 68.4 Å². The zero-order valence-electron chi connectivity index (χ0n) is 14.1. The van der Waals surface area contributed by atoms with Crippen molar-refractivity contribution in [2.75, 3.05) is 17.2 Å². The smallest absolute Gasteiger partial charge is 0.229 e. The average Bonchev–Trinajstić information content (AvgIpc) is 2.56. The summed E-state index contributed by atoms with van der Waals surface area (Å²) in [6.45, 7) is 4.46. The van der Waals surface area contributed by atoms with Crippen molar-refractivity contribution in [3.8, 4) is 5.75 Å². The zero-order valence-corrected chi connectivity index (χ0v) is 14.8. The second-order valence-corrected chi connectivity index (χ2v) is 5.84. The SMILES string of the molecule is CCOc1ccccc1Nc1nc(C)cc(Nc2cccc(Cl)c2)n1. The van der Waals surface area contributed by atoms with Crippen LogP contribution in [-0.2, 0) is 0 Å². The van der Waals surface area contributed by atoms with Gasteiger partial charge in [0.1, 0.15) is 11.6 Å². The fourth-order valence-corrected chi connectivity index (χ4v) is 2.56. The van der Waals surface area contributed by atoms with Crippen LogP contribution in [0, 0.1) is 6.92 Å². The number of anilines is 4. The minimum Gasteiger partial charge on any atom is -0.492 e. The van der Waals surface area contributed by atoms with E-state index >= 15 is 0 Å². The summed E-state index contributed by atoms with van der Waals surface area (Å²) < 4.78 is 5.63. The maximum atomic E-state index is 6.03. The second kappa shape index (κ2) is 7.85. The van der Waals surface area contributed by atoms with Crippen LogP contribution in [-0.4, -0.2) is 16.6 Å². The van der Waals surface area contributed by atoms with Crippen LogP contribution in [0.4, 0.5) is 23.1 Å². The van der Waals surface area contributed by atoms with Gasteiger partial charge in [-0.05, 0) is 44.2 Å². The molecule has 0 fully saturated rings. The molecule has 0 saturated carbocycles. The molecule has 3 aromatic rings. The molecular formula is C19H19ClN4O. The highest BCUT2D eigenvalue weighted by atomic mass is 35.5. The second-order valence-electron chi connectivity index (χ2n) is 5.41. The summed E-state index contributed by atoms with van der Waals surface area (Å²) in [7, 11) is 0. The summed E-state index contributed by atoms with van der Waals surface area (Å²) in [6.07, 6.45) is 0. The molecule has 0 atom stereocenters. The lowest BCUT2D eigenvalue weighted by molar-refractivity contribution is 0.342. The highest BCUT2D eigenvalue weighted by Crippen LogP contribution is 2.27. The molecule has 0 aliphatic rings. The number of nitrogens with zero attached hydrogens (tertiary/aromatic N) is 2. The van der Waals surface area contributed by atoms with E-state index in [1.165, 1.54) is 0 Å². The van der Waals surface area contributed by atoms with E-state index < -0.39 is 0 Å². The number of para-hydroxylation sites is 2. The van der Waals surface area contributed by atoms with Crippen molar-refractivity contribution in [1.82, 2.24) is 9.97 Å². The number of aryl methyl sites for hydroxylation is 1. The van der Waals surface area contributed by atoms with Gasteiger partial charge in [0, 0.05) is 22.5 Å². The predicted octanol–water partition coefficient (Wildman–Crippen LogP) is 5.32. The van der Waals surface area contributed by atoms with Crippen LogP contribution in [0.15, 0.2) is 54.6 Å². The van der Waals surface area contributed by atoms with Crippen LogP contribution in [0.1, 0.15) is 12.6 Å². The first-order valence-corrected chi connectivity index (χ1v) is 8.39. The number of halogens is 1. The summed E-state index contributed by atoms with van der Waals surface area (Å²) in [5.74, 6) is 1.95. The maximum Gasteiger partial charge on any atom is 0.229 e. The molecule has 0 spiro atoms.